The average Bonchev–Trinajstić information content (AvgIpc) is 2.22. The predicted molar refractivity (Wildman–Crippen MR) is 54.3 cm³/mol. The maximum Gasteiger partial charge on any atom is 0.334 e. The summed E-state index contributed by atoms with van der Waals surface area (Å²) in [5.74, 6) is -0.597. The Morgan fingerprint density at radius 2 is 2.13 bits per heavy atom. The van der Waals surface area contributed by atoms with Gasteiger partial charge in [0.05, 0.1) is 6.61 Å². The molecule has 2 atom stereocenters. The third-order valence-corrected chi connectivity index (χ3v) is 1.79. The average molecular weight is 220 g/mol. The Labute approximate surface area is 90.3 Å². The van der Waals surface area contributed by atoms with Crippen LogP contribution in [0.3, 0.4) is 0 Å². The van der Waals surface area contributed by atoms with Gasteiger partial charge in [-0.1, -0.05) is 0 Å². The lowest BCUT2D eigenvalue weighted by molar-refractivity contribution is -0.154. The van der Waals surface area contributed by atoms with E-state index < -0.39 is 12.1 Å². The number of esters is 1. The highest BCUT2D eigenvalue weighted by atomic mass is 16.7. The van der Waals surface area contributed by atoms with E-state index in [1.165, 1.54) is 6.92 Å². The van der Waals surface area contributed by atoms with Crippen molar-refractivity contribution in [2.24, 2.45) is 0 Å². The summed E-state index contributed by atoms with van der Waals surface area (Å²) >= 11 is 0. The summed E-state index contributed by atoms with van der Waals surface area (Å²) in [5, 5.41) is 8.84. The van der Waals surface area contributed by atoms with Crippen LogP contribution in [0.1, 0.15) is 26.7 Å². The Morgan fingerprint density at radius 1 is 1.47 bits per heavy atom. The van der Waals surface area contributed by atoms with E-state index in [1.54, 1.807) is 7.11 Å². The molecule has 0 saturated carbocycles. The zero-order chi connectivity index (χ0) is 11.7. The van der Waals surface area contributed by atoms with E-state index >= 15 is 0 Å². The molecule has 90 valence electrons. The number of carbonyl (C=O) groups is 1. The van der Waals surface area contributed by atoms with Gasteiger partial charge in [0.25, 0.3) is 0 Å². The first kappa shape index (κ1) is 14.3. The second-order valence-corrected chi connectivity index (χ2v) is 3.11. The van der Waals surface area contributed by atoms with Crippen LogP contribution in [0.15, 0.2) is 0 Å². The lowest BCUT2D eigenvalue weighted by Crippen LogP contribution is -2.21. The van der Waals surface area contributed by atoms with Gasteiger partial charge in [-0.3, -0.25) is 0 Å². The number of hydrogen-bond acceptors (Lipinski definition) is 5. The Hall–Kier alpha value is -0.650. The summed E-state index contributed by atoms with van der Waals surface area (Å²) in [4.78, 5) is 10.8. The van der Waals surface area contributed by atoms with E-state index in [1.807, 2.05) is 6.92 Å². The number of ether oxygens (including phenoxy) is 3. The molecular weight excluding hydrogens is 200 g/mol. The lowest BCUT2D eigenvalue weighted by atomic mass is 10.3. The molecule has 0 rings (SSSR count). The summed E-state index contributed by atoms with van der Waals surface area (Å²) < 4.78 is 15.0. The van der Waals surface area contributed by atoms with Crippen molar-refractivity contribution in [1.82, 2.24) is 0 Å². The van der Waals surface area contributed by atoms with Gasteiger partial charge < -0.3 is 19.3 Å². The SMILES string of the molecule is CCOC(CCCOC(=O)C(C)O)OC. The van der Waals surface area contributed by atoms with Crippen molar-refractivity contribution in [1.29, 1.82) is 0 Å². The van der Waals surface area contributed by atoms with Crippen LogP contribution in [-0.4, -0.2) is 43.8 Å². The van der Waals surface area contributed by atoms with Crippen molar-refractivity contribution in [3.63, 3.8) is 0 Å². The van der Waals surface area contributed by atoms with E-state index in [0.29, 0.717) is 19.4 Å². The van der Waals surface area contributed by atoms with Gasteiger partial charge in [0.15, 0.2) is 6.29 Å². The number of hydrogen-bond donors (Lipinski definition) is 1. The topological polar surface area (TPSA) is 65.0 Å². The molecule has 0 aromatic carbocycles. The van der Waals surface area contributed by atoms with Crippen molar-refractivity contribution in [3.8, 4) is 0 Å². The van der Waals surface area contributed by atoms with Gasteiger partial charge in [-0.15, -0.1) is 0 Å². The van der Waals surface area contributed by atoms with Gasteiger partial charge in [-0.25, -0.2) is 4.79 Å². The number of methoxy groups -OCH3 is 1. The summed E-state index contributed by atoms with van der Waals surface area (Å²) in [6.45, 7) is 4.13. The van der Waals surface area contributed by atoms with Crippen LogP contribution in [-0.2, 0) is 19.0 Å². The molecule has 5 heteroatoms. The Bertz CT molecular complexity index is 169. The van der Waals surface area contributed by atoms with E-state index in [0.717, 1.165) is 0 Å². The molecule has 0 aliphatic carbocycles. The van der Waals surface area contributed by atoms with Crippen LogP contribution in [0.2, 0.25) is 0 Å². The molecule has 0 bridgehead atoms. The Kier molecular flexibility index (Phi) is 8.27. The molecular formula is C10H20O5. The summed E-state index contributed by atoms with van der Waals surface area (Å²) in [6.07, 6.45) is 0.00404. The zero-order valence-corrected chi connectivity index (χ0v) is 9.56. The highest BCUT2D eigenvalue weighted by molar-refractivity contribution is 5.73. The normalized spacial score (nSPS) is 14.7. The first-order valence-corrected chi connectivity index (χ1v) is 5.10. The summed E-state index contributed by atoms with van der Waals surface area (Å²) in [6, 6.07) is 0. The smallest absolute Gasteiger partial charge is 0.334 e. The monoisotopic (exact) mass is 220 g/mol. The summed E-state index contributed by atoms with van der Waals surface area (Å²) in [7, 11) is 1.57. The van der Waals surface area contributed by atoms with Crippen LogP contribution in [0, 0.1) is 0 Å². The number of carbonyl (C=O) groups excluding carboxylic acids is 1. The first-order chi connectivity index (χ1) is 7.11. The van der Waals surface area contributed by atoms with Gasteiger partial charge in [0.1, 0.15) is 6.10 Å². The quantitative estimate of drug-likeness (QED) is 0.370. The van der Waals surface area contributed by atoms with Crippen LogP contribution in [0.5, 0.6) is 0 Å². The fourth-order valence-corrected chi connectivity index (χ4v) is 0.998. The molecule has 1 N–H and O–H groups in total. The lowest BCUT2D eigenvalue weighted by Gasteiger charge is -2.14. The highest BCUT2D eigenvalue weighted by Crippen LogP contribution is 2.03. The third kappa shape index (κ3) is 7.30. The molecule has 0 saturated heterocycles. The van der Waals surface area contributed by atoms with Gasteiger partial charge in [-0.05, 0) is 20.3 Å². The molecule has 15 heavy (non-hydrogen) atoms. The molecule has 0 aromatic heterocycles. The molecule has 5 nitrogen and oxygen atoms in total. The summed E-state index contributed by atoms with van der Waals surface area (Å²) in [5.41, 5.74) is 0. The van der Waals surface area contributed by atoms with E-state index in [2.05, 4.69) is 0 Å². The largest absolute Gasteiger partial charge is 0.464 e. The van der Waals surface area contributed by atoms with E-state index in [-0.39, 0.29) is 12.9 Å². The number of rotatable bonds is 8. The standard InChI is InChI=1S/C10H20O5/c1-4-14-9(13-3)6-5-7-15-10(12)8(2)11/h8-9,11H,4-7H2,1-3H3. The van der Waals surface area contributed by atoms with Gasteiger partial charge >= 0.3 is 5.97 Å². The fraction of sp³-hybridized carbons (Fsp3) is 0.900. The highest BCUT2D eigenvalue weighted by Gasteiger charge is 2.10. The maximum absolute atomic E-state index is 10.8. The second-order valence-electron chi connectivity index (χ2n) is 3.11. The van der Waals surface area contributed by atoms with Crippen LogP contribution in [0.25, 0.3) is 0 Å². The van der Waals surface area contributed by atoms with E-state index in [9.17, 15) is 4.79 Å². The molecule has 0 aliphatic heterocycles. The molecule has 0 fully saturated rings. The van der Waals surface area contributed by atoms with Crippen molar-refractivity contribution < 1.29 is 24.1 Å². The Balaban J connectivity index is 3.47. The Morgan fingerprint density at radius 3 is 2.60 bits per heavy atom. The van der Waals surface area contributed by atoms with Crippen molar-refractivity contribution in [2.45, 2.75) is 39.1 Å². The minimum Gasteiger partial charge on any atom is -0.464 e. The fourth-order valence-electron chi connectivity index (χ4n) is 0.998. The van der Waals surface area contributed by atoms with Crippen molar-refractivity contribution in [3.05, 3.63) is 0 Å². The number of aliphatic hydroxyl groups excluding tert-OH is 1. The molecule has 0 radical (unpaired) electrons. The van der Waals surface area contributed by atoms with E-state index in [4.69, 9.17) is 19.3 Å². The molecule has 2 unspecified atom stereocenters. The van der Waals surface area contributed by atoms with Crippen LogP contribution in [0.4, 0.5) is 0 Å². The molecule has 0 heterocycles. The molecule has 0 spiro atoms. The zero-order valence-electron chi connectivity index (χ0n) is 9.56. The van der Waals surface area contributed by atoms with Crippen LogP contribution < -0.4 is 0 Å². The van der Waals surface area contributed by atoms with Crippen LogP contribution >= 0.6 is 0 Å². The molecule has 0 amide bonds. The van der Waals surface area contributed by atoms with Gasteiger partial charge in [-0.2, -0.15) is 0 Å². The minimum atomic E-state index is -1.06. The first-order valence-electron chi connectivity index (χ1n) is 5.10. The van der Waals surface area contributed by atoms with Crippen molar-refractivity contribution >= 4 is 5.97 Å². The maximum atomic E-state index is 10.8. The predicted octanol–water partition coefficient (Wildman–Crippen LogP) is 0.700. The van der Waals surface area contributed by atoms with Gasteiger partial charge in [0, 0.05) is 20.1 Å². The van der Waals surface area contributed by atoms with Crippen molar-refractivity contribution in [2.75, 3.05) is 20.3 Å². The second kappa shape index (κ2) is 8.64. The third-order valence-electron chi connectivity index (χ3n) is 1.79. The molecule has 0 aromatic rings. The number of aliphatic hydroxyl groups is 1. The molecule has 0 aliphatic rings. The minimum absolute atomic E-state index is 0.250. The van der Waals surface area contributed by atoms with Gasteiger partial charge in [0.2, 0.25) is 0 Å².